The van der Waals surface area contributed by atoms with Crippen LogP contribution in [-0.2, 0) is 6.54 Å². The van der Waals surface area contributed by atoms with Gasteiger partial charge in [0.25, 0.3) is 5.91 Å². The van der Waals surface area contributed by atoms with Gasteiger partial charge in [-0.3, -0.25) is 14.7 Å². The number of hydrogen-bond donors (Lipinski definition) is 2. The van der Waals surface area contributed by atoms with E-state index < -0.39 is 0 Å². The highest BCUT2D eigenvalue weighted by atomic mass is 16.5. The number of piperazine rings is 1. The van der Waals surface area contributed by atoms with E-state index in [1.165, 1.54) is 12.4 Å². The molecule has 0 bridgehead atoms. The van der Waals surface area contributed by atoms with Crippen LogP contribution in [0.25, 0.3) is 11.3 Å². The molecule has 2 aromatic carbocycles. The number of anilines is 2. The number of nitrogens with one attached hydrogen (secondary N) is 2. The van der Waals surface area contributed by atoms with Crippen molar-refractivity contribution in [3.63, 3.8) is 0 Å². The first-order valence-electron chi connectivity index (χ1n) is 12.1. The van der Waals surface area contributed by atoms with Crippen molar-refractivity contribution >= 4 is 17.3 Å². The number of aryl methyl sites for hydroxylation is 1. The molecule has 2 N–H and O–H groups in total. The number of para-hydroxylation sites is 2. The van der Waals surface area contributed by atoms with Crippen LogP contribution in [-0.4, -0.2) is 59.0 Å². The molecule has 3 heterocycles. The van der Waals surface area contributed by atoms with Crippen molar-refractivity contribution in [2.24, 2.45) is 0 Å². The van der Waals surface area contributed by atoms with Gasteiger partial charge in [0, 0.05) is 56.4 Å². The highest BCUT2D eigenvalue weighted by molar-refractivity contribution is 6.04. The Bertz CT molecular complexity index is 1310. The lowest BCUT2D eigenvalue weighted by molar-refractivity contribution is 0.102. The molecule has 5 rings (SSSR count). The molecule has 1 aliphatic rings. The summed E-state index contributed by atoms with van der Waals surface area (Å²) in [6.45, 7) is 6.28. The van der Waals surface area contributed by atoms with E-state index in [2.05, 4.69) is 48.3 Å². The minimum atomic E-state index is -0.271. The van der Waals surface area contributed by atoms with E-state index in [1.54, 1.807) is 13.3 Å². The van der Waals surface area contributed by atoms with Crippen molar-refractivity contribution in [1.82, 2.24) is 19.9 Å². The van der Waals surface area contributed by atoms with Crippen LogP contribution in [0.3, 0.4) is 0 Å². The number of carbonyl (C=O) groups excluding carboxylic acids is 1. The molecule has 1 amide bonds. The van der Waals surface area contributed by atoms with Crippen LogP contribution in [0, 0.1) is 6.92 Å². The largest absolute Gasteiger partial charge is 0.495 e. The number of methoxy groups -OCH3 is 1. The van der Waals surface area contributed by atoms with Crippen LogP contribution in [0.15, 0.2) is 73.2 Å². The molecule has 0 unspecified atom stereocenters. The van der Waals surface area contributed by atoms with Crippen LogP contribution in [0.4, 0.5) is 11.4 Å². The topological polar surface area (TPSA) is 86.4 Å². The average Bonchev–Trinajstić information content (AvgIpc) is 3.24. The van der Waals surface area contributed by atoms with E-state index in [-0.39, 0.29) is 11.6 Å². The number of aromatic nitrogens is 3. The summed E-state index contributed by atoms with van der Waals surface area (Å²) in [6, 6.07) is 18.4. The fourth-order valence-corrected chi connectivity index (χ4v) is 4.71. The Morgan fingerprint density at radius 1 is 1.03 bits per heavy atom. The lowest BCUT2D eigenvalue weighted by Gasteiger charge is -2.36. The molecule has 4 aromatic rings. The van der Waals surface area contributed by atoms with Crippen LogP contribution >= 0.6 is 0 Å². The summed E-state index contributed by atoms with van der Waals surface area (Å²) in [5.41, 5.74) is 6.31. The Morgan fingerprint density at radius 2 is 1.78 bits per heavy atom. The maximum atomic E-state index is 13.0. The van der Waals surface area contributed by atoms with Crippen LogP contribution in [0.5, 0.6) is 5.75 Å². The molecule has 8 nitrogen and oxygen atoms in total. The number of H-pyrrole nitrogens is 1. The fraction of sp³-hybridized carbons (Fsp3) is 0.250. The van der Waals surface area contributed by atoms with Crippen molar-refractivity contribution in [2.75, 3.05) is 43.5 Å². The summed E-state index contributed by atoms with van der Waals surface area (Å²) in [6.07, 6.45) is 4.56. The van der Waals surface area contributed by atoms with Crippen molar-refractivity contribution in [1.29, 1.82) is 0 Å². The maximum absolute atomic E-state index is 13.0. The molecule has 184 valence electrons. The predicted octanol–water partition coefficient (Wildman–Crippen LogP) is 4.36. The molecule has 8 heteroatoms. The van der Waals surface area contributed by atoms with Gasteiger partial charge >= 0.3 is 0 Å². The van der Waals surface area contributed by atoms with Crippen molar-refractivity contribution in [3.05, 3.63) is 90.1 Å². The van der Waals surface area contributed by atoms with Gasteiger partial charge in [0.15, 0.2) is 0 Å². The molecular formula is C28H30N6O2. The molecule has 2 aromatic heterocycles. The second kappa shape index (κ2) is 10.6. The van der Waals surface area contributed by atoms with Gasteiger partial charge in [-0.2, -0.15) is 0 Å². The Kier molecular flexibility index (Phi) is 6.95. The van der Waals surface area contributed by atoms with Gasteiger partial charge < -0.3 is 19.9 Å². The lowest BCUT2D eigenvalue weighted by atomic mass is 10.1. The van der Waals surface area contributed by atoms with Crippen LogP contribution < -0.4 is 15.0 Å². The number of carbonyl (C=O) groups is 1. The Hall–Kier alpha value is -4.17. The van der Waals surface area contributed by atoms with Crippen LogP contribution in [0.2, 0.25) is 0 Å². The van der Waals surface area contributed by atoms with Crippen molar-refractivity contribution in [3.8, 4) is 17.0 Å². The number of hydrogen-bond acceptors (Lipinski definition) is 6. The molecule has 1 saturated heterocycles. The minimum absolute atomic E-state index is 0.271. The minimum Gasteiger partial charge on any atom is -0.495 e. The van der Waals surface area contributed by atoms with E-state index in [1.807, 2.05) is 43.3 Å². The molecule has 0 saturated carbocycles. The SMILES string of the molecule is COc1ccccc1N1CCN(Cc2c(-c3ccccc3)[nH]c(C)c2NC(=O)c2cnccn2)CC1. The summed E-state index contributed by atoms with van der Waals surface area (Å²) < 4.78 is 5.57. The monoisotopic (exact) mass is 482 g/mol. The van der Waals surface area contributed by atoms with E-state index in [0.717, 1.165) is 65.8 Å². The van der Waals surface area contributed by atoms with E-state index >= 15 is 0 Å². The number of benzene rings is 2. The van der Waals surface area contributed by atoms with Gasteiger partial charge in [0.2, 0.25) is 0 Å². The number of aromatic amines is 1. The Balaban J connectivity index is 1.39. The van der Waals surface area contributed by atoms with Gasteiger partial charge in [-0.25, -0.2) is 4.98 Å². The molecular weight excluding hydrogens is 452 g/mol. The first kappa shape index (κ1) is 23.6. The first-order valence-corrected chi connectivity index (χ1v) is 12.1. The van der Waals surface area contributed by atoms with Crippen LogP contribution in [0.1, 0.15) is 21.7 Å². The molecule has 1 aliphatic heterocycles. The highest BCUT2D eigenvalue weighted by Gasteiger charge is 2.25. The average molecular weight is 483 g/mol. The quantitative estimate of drug-likeness (QED) is 0.407. The van der Waals surface area contributed by atoms with E-state index in [0.29, 0.717) is 6.54 Å². The zero-order valence-electron chi connectivity index (χ0n) is 20.6. The number of rotatable bonds is 7. The third-order valence-electron chi connectivity index (χ3n) is 6.57. The number of ether oxygens (including phenoxy) is 1. The molecule has 0 spiro atoms. The zero-order valence-corrected chi connectivity index (χ0v) is 20.6. The fourth-order valence-electron chi connectivity index (χ4n) is 4.71. The zero-order chi connectivity index (χ0) is 24.9. The standard InChI is InChI=1S/C28H30N6O2/c1-20-26(32-28(35)23-18-29-12-13-30-23)22(27(31-20)21-8-4-3-5-9-21)19-33-14-16-34(17-15-33)24-10-6-7-11-25(24)36-2/h3-13,18,31H,14-17,19H2,1-2H3,(H,32,35). The summed E-state index contributed by atoms with van der Waals surface area (Å²) in [4.78, 5) is 29.5. The summed E-state index contributed by atoms with van der Waals surface area (Å²) >= 11 is 0. The van der Waals surface area contributed by atoms with Gasteiger partial charge in [-0.1, -0.05) is 42.5 Å². The molecule has 0 radical (unpaired) electrons. The summed E-state index contributed by atoms with van der Waals surface area (Å²) in [7, 11) is 1.71. The van der Waals surface area contributed by atoms with Crippen molar-refractivity contribution < 1.29 is 9.53 Å². The summed E-state index contributed by atoms with van der Waals surface area (Å²) in [5, 5.41) is 3.10. The molecule has 1 fully saturated rings. The van der Waals surface area contributed by atoms with Gasteiger partial charge in [-0.15, -0.1) is 0 Å². The highest BCUT2D eigenvalue weighted by Crippen LogP contribution is 2.34. The Morgan fingerprint density at radius 3 is 2.50 bits per heavy atom. The van der Waals surface area contributed by atoms with Gasteiger partial charge in [-0.05, 0) is 24.6 Å². The first-order chi connectivity index (χ1) is 17.6. The second-order valence-electron chi connectivity index (χ2n) is 8.82. The van der Waals surface area contributed by atoms with Gasteiger partial charge in [0.1, 0.15) is 11.4 Å². The third-order valence-corrected chi connectivity index (χ3v) is 6.57. The molecule has 36 heavy (non-hydrogen) atoms. The Labute approximate surface area is 211 Å². The molecule has 0 atom stereocenters. The number of nitrogens with zero attached hydrogens (tertiary/aromatic N) is 4. The van der Waals surface area contributed by atoms with Gasteiger partial charge in [0.05, 0.1) is 30.4 Å². The second-order valence-corrected chi connectivity index (χ2v) is 8.82. The normalized spacial score (nSPS) is 14.0. The summed E-state index contributed by atoms with van der Waals surface area (Å²) in [5.74, 6) is 0.625. The third kappa shape index (κ3) is 4.94. The lowest BCUT2D eigenvalue weighted by Crippen LogP contribution is -2.46. The van der Waals surface area contributed by atoms with E-state index in [4.69, 9.17) is 4.74 Å². The number of amides is 1. The van der Waals surface area contributed by atoms with Crippen molar-refractivity contribution in [2.45, 2.75) is 13.5 Å². The predicted molar refractivity (Wildman–Crippen MR) is 141 cm³/mol. The maximum Gasteiger partial charge on any atom is 0.275 e. The smallest absolute Gasteiger partial charge is 0.275 e. The van der Waals surface area contributed by atoms with E-state index in [9.17, 15) is 4.79 Å². The molecule has 0 aliphatic carbocycles.